The van der Waals surface area contributed by atoms with Gasteiger partial charge in [0.25, 0.3) is 0 Å². The first-order chi connectivity index (χ1) is 7.12. The largest absolute Gasteiger partial charge is 0.314 e. The van der Waals surface area contributed by atoms with Crippen LogP contribution in [0.1, 0.15) is 27.2 Å². The van der Waals surface area contributed by atoms with E-state index >= 15 is 0 Å². The van der Waals surface area contributed by atoms with Gasteiger partial charge in [0.15, 0.2) is 0 Å². The fourth-order valence-electron chi connectivity index (χ4n) is 2.76. The highest BCUT2D eigenvalue weighted by Gasteiger charge is 2.35. The second kappa shape index (κ2) is 4.64. The molecule has 0 saturated carbocycles. The van der Waals surface area contributed by atoms with Gasteiger partial charge in [0, 0.05) is 30.9 Å². The van der Waals surface area contributed by atoms with Crippen LogP contribution in [0.3, 0.4) is 0 Å². The minimum absolute atomic E-state index is 0.540. The van der Waals surface area contributed by atoms with E-state index in [1.54, 1.807) is 0 Å². The van der Waals surface area contributed by atoms with Crippen molar-refractivity contribution in [3.8, 4) is 0 Å². The van der Waals surface area contributed by atoms with Gasteiger partial charge in [0.05, 0.1) is 0 Å². The third-order valence-electron chi connectivity index (χ3n) is 3.65. The average Bonchev–Trinajstić information content (AvgIpc) is 2.09. The van der Waals surface area contributed by atoms with E-state index in [1.807, 2.05) is 0 Å². The van der Waals surface area contributed by atoms with Crippen LogP contribution >= 0.6 is 11.8 Å². The molecule has 0 spiro atoms. The number of likely N-dealkylation sites (N-methyl/N-ethyl adjacent to an activating group) is 1. The van der Waals surface area contributed by atoms with Crippen LogP contribution < -0.4 is 5.32 Å². The molecule has 2 fully saturated rings. The topological polar surface area (TPSA) is 15.3 Å². The second-order valence-electron chi connectivity index (χ2n) is 5.68. The number of hydrogen-bond donors (Lipinski definition) is 1. The normalized spacial score (nSPS) is 31.6. The molecular formula is C12H24N2S. The lowest BCUT2D eigenvalue weighted by Gasteiger charge is -2.46. The Balaban J connectivity index is 1.94. The molecule has 2 heterocycles. The van der Waals surface area contributed by atoms with Crippen LogP contribution in [0.2, 0.25) is 0 Å². The molecular weight excluding hydrogens is 204 g/mol. The van der Waals surface area contributed by atoms with Crippen LogP contribution in [-0.2, 0) is 0 Å². The van der Waals surface area contributed by atoms with Gasteiger partial charge in [-0.15, -0.1) is 0 Å². The Labute approximate surface area is 98.2 Å². The molecule has 2 aliphatic rings. The van der Waals surface area contributed by atoms with Crippen molar-refractivity contribution in [1.29, 1.82) is 0 Å². The maximum absolute atomic E-state index is 3.39. The molecule has 0 aromatic rings. The molecule has 15 heavy (non-hydrogen) atoms. The number of hydrogen-bond acceptors (Lipinski definition) is 3. The van der Waals surface area contributed by atoms with Crippen LogP contribution in [0.25, 0.3) is 0 Å². The summed E-state index contributed by atoms with van der Waals surface area (Å²) < 4.78 is 0. The molecule has 2 saturated heterocycles. The zero-order valence-corrected chi connectivity index (χ0v) is 11.1. The van der Waals surface area contributed by atoms with E-state index < -0.39 is 0 Å². The van der Waals surface area contributed by atoms with Gasteiger partial charge < -0.3 is 5.32 Å². The molecule has 0 aromatic heterocycles. The van der Waals surface area contributed by atoms with E-state index in [9.17, 15) is 0 Å². The monoisotopic (exact) mass is 228 g/mol. The maximum atomic E-state index is 3.39. The first-order valence-electron chi connectivity index (χ1n) is 6.16. The highest BCUT2D eigenvalue weighted by Crippen LogP contribution is 2.36. The van der Waals surface area contributed by atoms with Gasteiger partial charge in [-0.1, -0.05) is 20.8 Å². The summed E-state index contributed by atoms with van der Waals surface area (Å²) in [6.45, 7) is 10.8. The van der Waals surface area contributed by atoms with E-state index in [0.29, 0.717) is 5.41 Å². The highest BCUT2D eigenvalue weighted by molar-refractivity contribution is 7.99. The number of rotatable bonds is 3. The number of thioether (sulfide) groups is 1. The Morgan fingerprint density at radius 1 is 1.33 bits per heavy atom. The minimum atomic E-state index is 0.540. The molecule has 0 aliphatic carbocycles. The Morgan fingerprint density at radius 2 is 2.07 bits per heavy atom. The summed E-state index contributed by atoms with van der Waals surface area (Å²) in [5.41, 5.74) is 0.540. The van der Waals surface area contributed by atoms with Crippen LogP contribution in [0, 0.1) is 5.41 Å². The molecule has 1 atom stereocenters. The lowest BCUT2D eigenvalue weighted by Crippen LogP contribution is -2.61. The molecule has 3 heteroatoms. The molecule has 2 rings (SSSR count). The second-order valence-corrected chi connectivity index (χ2v) is 6.71. The summed E-state index contributed by atoms with van der Waals surface area (Å²) in [4.78, 5) is 2.73. The smallest absolute Gasteiger partial charge is 0.0348 e. The summed E-state index contributed by atoms with van der Waals surface area (Å²) in [6.07, 6.45) is 1.38. The zero-order valence-electron chi connectivity index (χ0n) is 10.3. The van der Waals surface area contributed by atoms with Crippen molar-refractivity contribution >= 4 is 11.8 Å². The van der Waals surface area contributed by atoms with E-state index in [1.165, 1.54) is 37.6 Å². The first-order valence-corrected chi connectivity index (χ1v) is 7.32. The maximum Gasteiger partial charge on any atom is 0.0348 e. The standard InChI is InChI=1S/C12H24N2S/c1-4-14(11-6-13-7-11)10-5-12(2,3)9-15-8-10/h10-11,13H,4-9H2,1-3H3. The number of nitrogens with one attached hydrogen (secondary N) is 1. The third kappa shape index (κ3) is 2.69. The minimum Gasteiger partial charge on any atom is -0.314 e. The Kier molecular flexibility index (Phi) is 3.63. The summed E-state index contributed by atoms with van der Waals surface area (Å²) in [5.74, 6) is 2.68. The van der Waals surface area contributed by atoms with Crippen LogP contribution in [-0.4, -0.2) is 48.1 Å². The molecule has 2 nitrogen and oxygen atoms in total. The third-order valence-corrected chi connectivity index (χ3v) is 5.26. The molecule has 0 bridgehead atoms. The van der Waals surface area contributed by atoms with E-state index in [-0.39, 0.29) is 0 Å². The van der Waals surface area contributed by atoms with Crippen molar-refractivity contribution in [3.63, 3.8) is 0 Å². The van der Waals surface area contributed by atoms with E-state index in [4.69, 9.17) is 0 Å². The van der Waals surface area contributed by atoms with Crippen LogP contribution in [0.5, 0.6) is 0 Å². The lowest BCUT2D eigenvalue weighted by molar-refractivity contribution is 0.0854. The highest BCUT2D eigenvalue weighted by atomic mass is 32.2. The number of nitrogens with zero attached hydrogens (tertiary/aromatic N) is 1. The van der Waals surface area contributed by atoms with Gasteiger partial charge >= 0.3 is 0 Å². The molecule has 88 valence electrons. The summed E-state index contributed by atoms with van der Waals surface area (Å²) >= 11 is 2.14. The summed E-state index contributed by atoms with van der Waals surface area (Å²) in [6, 6.07) is 1.63. The summed E-state index contributed by atoms with van der Waals surface area (Å²) in [5, 5.41) is 3.39. The fraction of sp³-hybridized carbons (Fsp3) is 1.00. The van der Waals surface area contributed by atoms with Gasteiger partial charge in [0.1, 0.15) is 0 Å². The average molecular weight is 228 g/mol. The van der Waals surface area contributed by atoms with Gasteiger partial charge in [-0.3, -0.25) is 4.90 Å². The van der Waals surface area contributed by atoms with Crippen molar-refractivity contribution in [3.05, 3.63) is 0 Å². The Bertz CT molecular complexity index is 214. The quantitative estimate of drug-likeness (QED) is 0.793. The first kappa shape index (κ1) is 11.7. The van der Waals surface area contributed by atoms with Crippen LogP contribution in [0.15, 0.2) is 0 Å². The molecule has 0 radical (unpaired) electrons. The molecule has 1 N–H and O–H groups in total. The van der Waals surface area contributed by atoms with Crippen molar-refractivity contribution in [2.75, 3.05) is 31.1 Å². The summed E-state index contributed by atoms with van der Waals surface area (Å²) in [7, 11) is 0. The van der Waals surface area contributed by atoms with E-state index in [2.05, 4.69) is 42.7 Å². The predicted octanol–water partition coefficient (Wildman–Crippen LogP) is 1.81. The molecule has 1 unspecified atom stereocenters. The Morgan fingerprint density at radius 3 is 2.53 bits per heavy atom. The van der Waals surface area contributed by atoms with E-state index in [0.717, 1.165) is 12.1 Å². The SMILES string of the molecule is CCN(C1CNC1)C1CSCC(C)(C)C1. The fourth-order valence-corrected chi connectivity index (χ4v) is 4.13. The van der Waals surface area contributed by atoms with Crippen LogP contribution in [0.4, 0.5) is 0 Å². The van der Waals surface area contributed by atoms with Crippen molar-refractivity contribution in [1.82, 2.24) is 10.2 Å². The van der Waals surface area contributed by atoms with Gasteiger partial charge in [0.2, 0.25) is 0 Å². The molecule has 2 aliphatic heterocycles. The predicted molar refractivity (Wildman–Crippen MR) is 68.5 cm³/mol. The molecule has 0 aromatic carbocycles. The van der Waals surface area contributed by atoms with Crippen molar-refractivity contribution in [2.24, 2.45) is 5.41 Å². The van der Waals surface area contributed by atoms with Crippen molar-refractivity contribution < 1.29 is 0 Å². The molecule has 0 amide bonds. The van der Waals surface area contributed by atoms with Gasteiger partial charge in [-0.2, -0.15) is 11.8 Å². The Hall–Kier alpha value is 0.270. The van der Waals surface area contributed by atoms with Crippen molar-refractivity contribution in [2.45, 2.75) is 39.3 Å². The lowest BCUT2D eigenvalue weighted by atomic mass is 9.86. The van der Waals surface area contributed by atoms with Gasteiger partial charge in [-0.25, -0.2) is 0 Å². The van der Waals surface area contributed by atoms with Gasteiger partial charge in [-0.05, 0) is 24.1 Å². The zero-order chi connectivity index (χ0) is 10.9.